The molecule has 0 aliphatic rings. The normalized spacial score (nSPS) is 13.7. The van der Waals surface area contributed by atoms with Crippen LogP contribution in [-0.4, -0.2) is 6.54 Å². The number of hydrogen-bond donors (Lipinski definition) is 1. The van der Waals surface area contributed by atoms with Gasteiger partial charge in [0.25, 0.3) is 0 Å². The van der Waals surface area contributed by atoms with E-state index in [1.807, 2.05) is 0 Å². The van der Waals surface area contributed by atoms with Crippen LogP contribution in [0.5, 0.6) is 0 Å². The Morgan fingerprint density at radius 2 is 1.48 bits per heavy atom. The van der Waals surface area contributed by atoms with Gasteiger partial charge in [-0.15, -0.1) is 0 Å². The molecule has 2 atom stereocenters. The Hall–Kier alpha value is -1.80. The molecule has 21 heavy (non-hydrogen) atoms. The highest BCUT2D eigenvalue weighted by Crippen LogP contribution is 2.33. The molecule has 2 nitrogen and oxygen atoms in total. The van der Waals surface area contributed by atoms with Crippen molar-refractivity contribution in [2.75, 3.05) is 11.6 Å². The number of hydrogen-bond acceptors (Lipinski definition) is 2. The second kappa shape index (κ2) is 7.84. The lowest BCUT2D eigenvalue weighted by Crippen LogP contribution is -2.43. The molecular weight excluding hydrogens is 256 g/mol. The van der Waals surface area contributed by atoms with Gasteiger partial charge in [-0.25, -0.2) is 5.43 Å². The van der Waals surface area contributed by atoms with E-state index in [-0.39, 0.29) is 0 Å². The van der Waals surface area contributed by atoms with Crippen LogP contribution in [0.15, 0.2) is 60.7 Å². The Morgan fingerprint density at radius 1 is 0.905 bits per heavy atom. The minimum absolute atomic E-state index is 0.332. The minimum atomic E-state index is 0.332. The summed E-state index contributed by atoms with van der Waals surface area (Å²) in [6, 6.07) is 21.7. The zero-order chi connectivity index (χ0) is 15.1. The smallest absolute Gasteiger partial charge is 0.0729 e. The van der Waals surface area contributed by atoms with Crippen molar-refractivity contribution in [3.63, 3.8) is 0 Å². The standard InChI is InChI=1S/C19H26N2/c1-4-16(3)19(17-12-8-6-9-13-17)21(20-5-2)18-14-10-7-11-15-18/h6-16,19-20H,4-5H2,1-3H3. The van der Waals surface area contributed by atoms with Crippen LogP contribution in [0.4, 0.5) is 5.69 Å². The fourth-order valence-electron chi connectivity index (χ4n) is 2.71. The molecule has 112 valence electrons. The third kappa shape index (κ3) is 3.85. The van der Waals surface area contributed by atoms with E-state index in [9.17, 15) is 0 Å². The Kier molecular flexibility index (Phi) is 5.82. The highest BCUT2D eigenvalue weighted by Gasteiger charge is 2.25. The lowest BCUT2D eigenvalue weighted by Gasteiger charge is -2.37. The first-order valence-corrected chi connectivity index (χ1v) is 7.90. The van der Waals surface area contributed by atoms with Crippen LogP contribution in [0.3, 0.4) is 0 Å². The predicted octanol–water partition coefficient (Wildman–Crippen LogP) is 4.80. The molecule has 0 heterocycles. The fourth-order valence-corrected chi connectivity index (χ4v) is 2.71. The number of hydrazine groups is 1. The predicted molar refractivity (Wildman–Crippen MR) is 91.2 cm³/mol. The van der Waals surface area contributed by atoms with E-state index >= 15 is 0 Å². The number of nitrogens with zero attached hydrogens (tertiary/aromatic N) is 1. The molecule has 0 saturated heterocycles. The van der Waals surface area contributed by atoms with Crippen LogP contribution in [0.1, 0.15) is 38.8 Å². The Morgan fingerprint density at radius 3 is 2.00 bits per heavy atom. The number of benzene rings is 2. The van der Waals surface area contributed by atoms with Crippen LogP contribution in [0, 0.1) is 5.92 Å². The molecule has 0 aromatic heterocycles. The van der Waals surface area contributed by atoms with Crippen molar-refractivity contribution in [1.29, 1.82) is 0 Å². The van der Waals surface area contributed by atoms with E-state index in [0.717, 1.165) is 13.0 Å². The molecule has 0 bridgehead atoms. The molecule has 0 aliphatic heterocycles. The summed E-state index contributed by atoms with van der Waals surface area (Å²) in [5, 5.41) is 2.32. The lowest BCUT2D eigenvalue weighted by atomic mass is 9.91. The van der Waals surface area contributed by atoms with Crippen molar-refractivity contribution in [1.82, 2.24) is 5.43 Å². The summed E-state index contributed by atoms with van der Waals surface area (Å²) >= 11 is 0. The third-order valence-electron chi connectivity index (χ3n) is 3.97. The molecule has 0 fully saturated rings. The summed E-state index contributed by atoms with van der Waals surface area (Å²) in [6.45, 7) is 7.64. The zero-order valence-electron chi connectivity index (χ0n) is 13.3. The fraction of sp³-hybridized carbons (Fsp3) is 0.368. The van der Waals surface area contributed by atoms with Gasteiger partial charge in [-0.1, -0.05) is 75.7 Å². The average molecular weight is 282 g/mol. The van der Waals surface area contributed by atoms with Crippen molar-refractivity contribution in [3.8, 4) is 0 Å². The Bertz CT molecular complexity index is 510. The molecule has 2 unspecified atom stereocenters. The molecule has 0 aliphatic carbocycles. The number of rotatable bonds is 7. The largest absolute Gasteiger partial charge is 0.301 e. The van der Waals surface area contributed by atoms with Gasteiger partial charge < -0.3 is 5.01 Å². The lowest BCUT2D eigenvalue weighted by molar-refractivity contribution is 0.394. The molecule has 2 aromatic carbocycles. The second-order valence-corrected chi connectivity index (χ2v) is 5.46. The monoisotopic (exact) mass is 282 g/mol. The van der Waals surface area contributed by atoms with Crippen LogP contribution in [0.2, 0.25) is 0 Å². The average Bonchev–Trinajstić information content (AvgIpc) is 2.56. The SMILES string of the molecule is CCNN(c1ccccc1)C(c1ccccc1)C(C)CC. The first-order valence-electron chi connectivity index (χ1n) is 7.90. The highest BCUT2D eigenvalue weighted by molar-refractivity contribution is 5.47. The van der Waals surface area contributed by atoms with E-state index in [0.29, 0.717) is 12.0 Å². The Labute approximate surface area is 128 Å². The highest BCUT2D eigenvalue weighted by atomic mass is 15.5. The second-order valence-electron chi connectivity index (χ2n) is 5.46. The van der Waals surface area contributed by atoms with Crippen molar-refractivity contribution in [2.24, 2.45) is 5.92 Å². The first-order chi connectivity index (χ1) is 10.3. The van der Waals surface area contributed by atoms with Crippen molar-refractivity contribution in [2.45, 2.75) is 33.2 Å². The maximum absolute atomic E-state index is 3.55. The van der Waals surface area contributed by atoms with Gasteiger partial charge >= 0.3 is 0 Å². The van der Waals surface area contributed by atoms with E-state index < -0.39 is 0 Å². The molecule has 0 saturated carbocycles. The van der Waals surface area contributed by atoms with E-state index in [2.05, 4.69) is 91.9 Å². The van der Waals surface area contributed by atoms with Gasteiger partial charge in [0.05, 0.1) is 11.7 Å². The minimum Gasteiger partial charge on any atom is -0.301 e. The van der Waals surface area contributed by atoms with Gasteiger partial charge in [-0.05, 0) is 23.6 Å². The first kappa shape index (κ1) is 15.6. The summed E-state index contributed by atoms with van der Waals surface area (Å²) in [7, 11) is 0. The van der Waals surface area contributed by atoms with Crippen molar-refractivity contribution < 1.29 is 0 Å². The summed E-state index contributed by atoms with van der Waals surface area (Å²) in [5.74, 6) is 0.562. The topological polar surface area (TPSA) is 15.3 Å². The third-order valence-corrected chi connectivity index (χ3v) is 3.97. The molecule has 2 heteroatoms. The zero-order valence-corrected chi connectivity index (χ0v) is 13.3. The van der Waals surface area contributed by atoms with Gasteiger partial charge in [0.1, 0.15) is 0 Å². The van der Waals surface area contributed by atoms with Gasteiger partial charge in [0, 0.05) is 6.54 Å². The van der Waals surface area contributed by atoms with Crippen LogP contribution < -0.4 is 10.4 Å². The van der Waals surface area contributed by atoms with Crippen LogP contribution in [0.25, 0.3) is 0 Å². The summed E-state index contributed by atoms with van der Waals surface area (Å²) in [5.41, 5.74) is 6.12. The molecule has 0 spiro atoms. The van der Waals surface area contributed by atoms with E-state index in [1.165, 1.54) is 11.3 Å². The Balaban J connectivity index is 2.41. The number of para-hydroxylation sites is 1. The summed E-state index contributed by atoms with van der Waals surface area (Å²) in [6.07, 6.45) is 1.15. The molecule has 2 aromatic rings. The molecular formula is C19H26N2. The van der Waals surface area contributed by atoms with E-state index in [4.69, 9.17) is 0 Å². The van der Waals surface area contributed by atoms with Gasteiger partial charge in [0.15, 0.2) is 0 Å². The number of nitrogens with one attached hydrogen (secondary N) is 1. The molecule has 1 N–H and O–H groups in total. The van der Waals surface area contributed by atoms with Crippen LogP contribution >= 0.6 is 0 Å². The molecule has 0 amide bonds. The number of anilines is 1. The summed E-state index contributed by atoms with van der Waals surface area (Å²) in [4.78, 5) is 0. The van der Waals surface area contributed by atoms with Gasteiger partial charge in [-0.2, -0.15) is 0 Å². The quantitative estimate of drug-likeness (QED) is 0.733. The maximum Gasteiger partial charge on any atom is 0.0729 e. The maximum atomic E-state index is 3.55. The van der Waals surface area contributed by atoms with Gasteiger partial charge in [-0.3, -0.25) is 0 Å². The van der Waals surface area contributed by atoms with Crippen molar-refractivity contribution >= 4 is 5.69 Å². The summed E-state index contributed by atoms with van der Waals surface area (Å²) < 4.78 is 0. The molecule has 0 radical (unpaired) electrons. The van der Waals surface area contributed by atoms with E-state index in [1.54, 1.807) is 0 Å². The van der Waals surface area contributed by atoms with Gasteiger partial charge in [0.2, 0.25) is 0 Å². The van der Waals surface area contributed by atoms with Crippen molar-refractivity contribution in [3.05, 3.63) is 66.2 Å². The van der Waals surface area contributed by atoms with Crippen LogP contribution in [-0.2, 0) is 0 Å². The molecule has 2 rings (SSSR count).